The largest absolute Gasteiger partial charge is 0.323 e. The van der Waals surface area contributed by atoms with Gasteiger partial charge < -0.3 is 10.6 Å². The van der Waals surface area contributed by atoms with Crippen molar-refractivity contribution in [3.63, 3.8) is 0 Å². The van der Waals surface area contributed by atoms with E-state index >= 15 is 0 Å². The quantitative estimate of drug-likeness (QED) is 0.797. The summed E-state index contributed by atoms with van der Waals surface area (Å²) >= 11 is 11.7. The molecule has 0 heterocycles. The van der Waals surface area contributed by atoms with Gasteiger partial charge in [0.1, 0.15) is 5.82 Å². The molecule has 0 fully saturated rings. The second-order valence-electron chi connectivity index (χ2n) is 4.15. The number of carbonyl (C=O) groups is 1. The molecule has 0 saturated heterocycles. The van der Waals surface area contributed by atoms with Gasteiger partial charge in [0.25, 0.3) is 0 Å². The Bertz CT molecular complexity index is 641. The van der Waals surface area contributed by atoms with Crippen LogP contribution in [0.1, 0.15) is 5.56 Å². The number of benzene rings is 2. The fourth-order valence-corrected chi connectivity index (χ4v) is 2.18. The van der Waals surface area contributed by atoms with Crippen molar-refractivity contribution >= 4 is 40.6 Å². The van der Waals surface area contributed by atoms with Gasteiger partial charge in [0.2, 0.25) is 0 Å². The zero-order chi connectivity index (χ0) is 14.7. The molecule has 0 unspecified atom stereocenters. The molecule has 0 aliphatic carbocycles. The van der Waals surface area contributed by atoms with Gasteiger partial charge in [-0.25, -0.2) is 9.18 Å². The summed E-state index contributed by atoms with van der Waals surface area (Å²) < 4.78 is 13.4. The summed E-state index contributed by atoms with van der Waals surface area (Å²) in [6, 6.07) is 8.64. The van der Waals surface area contributed by atoms with Gasteiger partial charge >= 0.3 is 6.03 Å². The van der Waals surface area contributed by atoms with E-state index in [2.05, 4.69) is 10.6 Å². The molecule has 0 atom stereocenters. The third kappa shape index (κ3) is 3.62. The van der Waals surface area contributed by atoms with Crippen molar-refractivity contribution in [1.29, 1.82) is 0 Å². The number of amides is 2. The molecule has 0 aliphatic rings. The summed E-state index contributed by atoms with van der Waals surface area (Å²) in [5, 5.41) is 5.96. The van der Waals surface area contributed by atoms with Gasteiger partial charge in [-0.2, -0.15) is 0 Å². The van der Waals surface area contributed by atoms with Crippen LogP contribution in [-0.2, 0) is 0 Å². The molecule has 0 spiro atoms. The molecule has 2 aromatic carbocycles. The highest BCUT2D eigenvalue weighted by atomic mass is 35.5. The van der Waals surface area contributed by atoms with Crippen LogP contribution in [0.3, 0.4) is 0 Å². The number of halogens is 3. The van der Waals surface area contributed by atoms with Gasteiger partial charge in [-0.05, 0) is 37.3 Å². The van der Waals surface area contributed by atoms with E-state index in [0.29, 0.717) is 27.0 Å². The number of nitrogens with one attached hydrogen (secondary N) is 2. The minimum atomic E-state index is -0.503. The maximum atomic E-state index is 13.4. The van der Waals surface area contributed by atoms with E-state index in [9.17, 15) is 9.18 Å². The molecule has 0 bridgehead atoms. The van der Waals surface area contributed by atoms with E-state index in [-0.39, 0.29) is 5.82 Å². The lowest BCUT2D eigenvalue weighted by molar-refractivity contribution is 0.262. The number of rotatable bonds is 2. The number of anilines is 2. The van der Waals surface area contributed by atoms with Crippen molar-refractivity contribution in [3.8, 4) is 0 Å². The molecule has 2 N–H and O–H groups in total. The maximum absolute atomic E-state index is 13.4. The van der Waals surface area contributed by atoms with Crippen LogP contribution in [0.2, 0.25) is 10.0 Å². The van der Waals surface area contributed by atoms with E-state index in [1.165, 1.54) is 12.1 Å². The summed E-state index contributed by atoms with van der Waals surface area (Å²) in [6.07, 6.45) is 0. The van der Waals surface area contributed by atoms with Crippen LogP contribution >= 0.6 is 23.2 Å². The summed E-state index contributed by atoms with van der Waals surface area (Å²) in [6.45, 7) is 1.58. The fraction of sp³-hybridized carbons (Fsp3) is 0.0714. The summed E-state index contributed by atoms with van der Waals surface area (Å²) in [7, 11) is 0. The normalized spacial score (nSPS) is 10.2. The monoisotopic (exact) mass is 312 g/mol. The number of carbonyl (C=O) groups excluding carboxylic acids is 1. The minimum absolute atomic E-state index is 0.367. The van der Waals surface area contributed by atoms with Gasteiger partial charge in [-0.15, -0.1) is 0 Å². The molecule has 2 aromatic rings. The average Bonchev–Trinajstić information content (AvgIpc) is 2.33. The number of hydrogen-bond donors (Lipinski definition) is 2. The van der Waals surface area contributed by atoms with Crippen molar-refractivity contribution in [2.45, 2.75) is 6.92 Å². The first-order valence-electron chi connectivity index (χ1n) is 5.75. The van der Waals surface area contributed by atoms with Crippen molar-refractivity contribution in [2.24, 2.45) is 0 Å². The van der Waals surface area contributed by atoms with Crippen LogP contribution in [0.25, 0.3) is 0 Å². The van der Waals surface area contributed by atoms with Gasteiger partial charge in [0, 0.05) is 27.0 Å². The minimum Gasteiger partial charge on any atom is -0.308 e. The lowest BCUT2D eigenvalue weighted by Crippen LogP contribution is -2.20. The number of urea groups is 1. The fourth-order valence-electron chi connectivity index (χ4n) is 1.65. The second-order valence-corrected chi connectivity index (χ2v) is 5.02. The predicted octanol–water partition coefficient (Wildman–Crippen LogP) is 5.08. The molecule has 104 valence electrons. The smallest absolute Gasteiger partial charge is 0.308 e. The SMILES string of the molecule is Cc1c(F)cccc1NC(=O)Nc1cc(Cl)cc(Cl)c1. The van der Waals surface area contributed by atoms with E-state index in [0.717, 1.165) is 0 Å². The summed E-state index contributed by atoms with van der Waals surface area (Å²) in [5.74, 6) is -0.381. The molecule has 0 radical (unpaired) electrons. The summed E-state index contributed by atoms with van der Waals surface area (Å²) in [4.78, 5) is 11.8. The van der Waals surface area contributed by atoms with E-state index < -0.39 is 6.03 Å². The predicted molar refractivity (Wildman–Crippen MR) is 80.2 cm³/mol. The van der Waals surface area contributed by atoms with Gasteiger partial charge in [-0.1, -0.05) is 29.3 Å². The Morgan fingerprint density at radius 2 is 1.75 bits per heavy atom. The Morgan fingerprint density at radius 3 is 2.40 bits per heavy atom. The number of hydrogen-bond acceptors (Lipinski definition) is 1. The highest BCUT2D eigenvalue weighted by Gasteiger charge is 2.08. The molecule has 6 heteroatoms. The Labute approximate surface area is 125 Å². The Hall–Kier alpha value is -1.78. The molecule has 0 saturated carbocycles. The highest BCUT2D eigenvalue weighted by molar-refractivity contribution is 6.35. The van der Waals surface area contributed by atoms with Crippen LogP contribution < -0.4 is 10.6 Å². The van der Waals surface area contributed by atoms with Crippen LogP contribution in [0.15, 0.2) is 36.4 Å². The topological polar surface area (TPSA) is 41.1 Å². The molecule has 2 rings (SSSR count). The molecular formula is C14H11Cl2FN2O. The Morgan fingerprint density at radius 1 is 1.10 bits per heavy atom. The average molecular weight is 313 g/mol. The highest BCUT2D eigenvalue weighted by Crippen LogP contribution is 2.23. The van der Waals surface area contributed by atoms with E-state index in [1.54, 1.807) is 31.2 Å². The first-order valence-corrected chi connectivity index (χ1v) is 6.50. The van der Waals surface area contributed by atoms with Crippen molar-refractivity contribution in [2.75, 3.05) is 10.6 Å². The van der Waals surface area contributed by atoms with Crippen molar-refractivity contribution in [1.82, 2.24) is 0 Å². The van der Waals surface area contributed by atoms with E-state index in [4.69, 9.17) is 23.2 Å². The first kappa shape index (κ1) is 14.6. The summed E-state index contributed by atoms with van der Waals surface area (Å²) in [5.41, 5.74) is 1.22. The van der Waals surface area contributed by atoms with Gasteiger partial charge in [0.05, 0.1) is 0 Å². The lowest BCUT2D eigenvalue weighted by Gasteiger charge is -2.10. The standard InChI is InChI=1S/C14H11Cl2FN2O/c1-8-12(17)3-2-4-13(8)19-14(20)18-11-6-9(15)5-10(16)7-11/h2-7H,1H3,(H2,18,19,20). The zero-order valence-corrected chi connectivity index (χ0v) is 12.0. The molecular weight excluding hydrogens is 302 g/mol. The van der Waals surface area contributed by atoms with Crippen LogP contribution in [0.5, 0.6) is 0 Å². The third-order valence-electron chi connectivity index (χ3n) is 2.64. The van der Waals surface area contributed by atoms with Crippen LogP contribution in [0, 0.1) is 12.7 Å². The second kappa shape index (κ2) is 6.11. The van der Waals surface area contributed by atoms with Gasteiger partial charge in [0.15, 0.2) is 0 Å². The molecule has 2 amide bonds. The van der Waals surface area contributed by atoms with Gasteiger partial charge in [-0.3, -0.25) is 0 Å². The van der Waals surface area contributed by atoms with E-state index in [1.807, 2.05) is 0 Å². The lowest BCUT2D eigenvalue weighted by atomic mass is 10.2. The third-order valence-corrected chi connectivity index (χ3v) is 3.07. The van der Waals surface area contributed by atoms with Crippen molar-refractivity contribution in [3.05, 3.63) is 57.8 Å². The molecule has 0 aromatic heterocycles. The molecule has 20 heavy (non-hydrogen) atoms. The van der Waals surface area contributed by atoms with Crippen molar-refractivity contribution < 1.29 is 9.18 Å². The zero-order valence-electron chi connectivity index (χ0n) is 10.5. The molecule has 3 nitrogen and oxygen atoms in total. The maximum Gasteiger partial charge on any atom is 0.323 e. The van der Waals surface area contributed by atoms with Crippen LogP contribution in [-0.4, -0.2) is 6.03 Å². The first-order chi connectivity index (χ1) is 9.45. The Kier molecular flexibility index (Phi) is 4.47. The molecule has 0 aliphatic heterocycles. The Balaban J connectivity index is 2.11. The van der Waals surface area contributed by atoms with Crippen LogP contribution in [0.4, 0.5) is 20.6 Å².